The van der Waals surface area contributed by atoms with Crippen LogP contribution in [0.25, 0.3) is 22.8 Å². The van der Waals surface area contributed by atoms with Crippen molar-refractivity contribution in [2.45, 2.75) is 45.7 Å². The second kappa shape index (κ2) is 15.7. The number of ether oxygens (including phenoxy) is 2. The van der Waals surface area contributed by atoms with Crippen LogP contribution in [0.15, 0.2) is 120 Å². The van der Waals surface area contributed by atoms with E-state index in [9.17, 15) is 18.0 Å². The number of benzene rings is 4. The van der Waals surface area contributed by atoms with Gasteiger partial charge in [0.1, 0.15) is 18.7 Å². The maximum Gasteiger partial charge on any atom is 0.573 e. The van der Waals surface area contributed by atoms with E-state index >= 15 is 0 Å². The third kappa shape index (κ3) is 8.82. The highest BCUT2D eigenvalue weighted by atomic mass is 32.1. The van der Waals surface area contributed by atoms with Gasteiger partial charge >= 0.3 is 12.3 Å². The molecule has 0 fully saturated rings. The Morgan fingerprint density at radius 1 is 0.962 bits per heavy atom. The Morgan fingerprint density at radius 2 is 1.65 bits per heavy atom. The molecule has 2 heterocycles. The number of esters is 1. The minimum Gasteiger partial charge on any atom is -0.459 e. The Bertz CT molecular complexity index is 2230. The molecular formula is C38H33F3N6O3S2. The number of thiazole rings is 1. The lowest BCUT2D eigenvalue weighted by Crippen LogP contribution is -2.34. The summed E-state index contributed by atoms with van der Waals surface area (Å²) in [5.74, 6) is -0.242. The van der Waals surface area contributed by atoms with Crippen LogP contribution in [0.1, 0.15) is 48.2 Å². The summed E-state index contributed by atoms with van der Waals surface area (Å²) in [6, 6.07) is 28.8. The molecule has 0 spiro atoms. The number of hydrogen-bond acceptors (Lipinski definition) is 7. The van der Waals surface area contributed by atoms with E-state index in [1.165, 1.54) is 52.2 Å². The number of carbonyl (C=O) groups is 1. The van der Waals surface area contributed by atoms with Crippen LogP contribution in [0.2, 0.25) is 0 Å². The van der Waals surface area contributed by atoms with Crippen molar-refractivity contribution in [1.82, 2.24) is 24.6 Å². The Hall–Kier alpha value is -5.60. The van der Waals surface area contributed by atoms with Crippen molar-refractivity contribution >= 4 is 34.6 Å². The molecule has 0 bridgehead atoms. The van der Waals surface area contributed by atoms with Gasteiger partial charge in [-0.05, 0) is 72.1 Å². The van der Waals surface area contributed by atoms with Crippen LogP contribution >= 0.6 is 23.6 Å². The monoisotopic (exact) mass is 742 g/mol. The van der Waals surface area contributed by atoms with E-state index in [1.807, 2.05) is 54.8 Å². The first kappa shape index (κ1) is 36.2. The van der Waals surface area contributed by atoms with Gasteiger partial charge < -0.3 is 14.8 Å². The Balaban J connectivity index is 1.25. The zero-order chi connectivity index (χ0) is 36.8. The largest absolute Gasteiger partial charge is 0.573 e. The summed E-state index contributed by atoms with van der Waals surface area (Å²) in [6.45, 7) is 6.36. The summed E-state index contributed by atoms with van der Waals surface area (Å²) in [7, 11) is 0. The SMILES string of the molecule is Cc1cs/c(=N\C(=S)NC(C(=O)OCc2ccccc2)c2ccc(-c3ncn(-c4ccc(OC(F)(F)F)cc4)n3)cc2)n1-c1ccccc1C(C)C. The van der Waals surface area contributed by atoms with Crippen molar-refractivity contribution in [2.24, 2.45) is 4.99 Å². The first-order valence-electron chi connectivity index (χ1n) is 16.2. The lowest BCUT2D eigenvalue weighted by atomic mass is 10.0. The van der Waals surface area contributed by atoms with Gasteiger partial charge in [-0.15, -0.1) is 29.6 Å². The van der Waals surface area contributed by atoms with Crippen LogP contribution in [-0.2, 0) is 16.1 Å². The molecule has 1 N–H and O–H groups in total. The third-order valence-electron chi connectivity index (χ3n) is 7.93. The zero-order valence-corrected chi connectivity index (χ0v) is 29.9. The molecule has 6 aromatic rings. The quantitative estimate of drug-likeness (QED) is 0.111. The molecule has 266 valence electrons. The molecule has 0 aliphatic carbocycles. The van der Waals surface area contributed by atoms with Crippen LogP contribution in [0.3, 0.4) is 0 Å². The molecule has 0 radical (unpaired) electrons. The summed E-state index contributed by atoms with van der Waals surface area (Å²) in [4.78, 5) is 23.4. The summed E-state index contributed by atoms with van der Waals surface area (Å²) in [6.07, 6.45) is -3.33. The van der Waals surface area contributed by atoms with E-state index in [0.29, 0.717) is 27.4 Å². The number of thiocarbonyl (C=S) groups is 1. The minimum absolute atomic E-state index is 0.0701. The van der Waals surface area contributed by atoms with Crippen molar-refractivity contribution in [1.29, 1.82) is 0 Å². The van der Waals surface area contributed by atoms with Gasteiger partial charge in [-0.2, -0.15) is 4.99 Å². The number of nitrogens with one attached hydrogen (secondary N) is 1. The lowest BCUT2D eigenvalue weighted by molar-refractivity contribution is -0.274. The summed E-state index contributed by atoms with van der Waals surface area (Å²) >= 11 is 7.17. The van der Waals surface area contributed by atoms with Crippen molar-refractivity contribution in [3.05, 3.63) is 142 Å². The predicted octanol–water partition coefficient (Wildman–Crippen LogP) is 8.38. The smallest absolute Gasteiger partial charge is 0.459 e. The van der Waals surface area contributed by atoms with E-state index in [-0.39, 0.29) is 23.4 Å². The molecular weight excluding hydrogens is 710 g/mol. The van der Waals surface area contributed by atoms with Gasteiger partial charge in [-0.25, -0.2) is 14.5 Å². The van der Waals surface area contributed by atoms with Crippen LogP contribution < -0.4 is 14.9 Å². The fourth-order valence-electron chi connectivity index (χ4n) is 5.42. The molecule has 52 heavy (non-hydrogen) atoms. The summed E-state index contributed by atoms with van der Waals surface area (Å²) in [5.41, 5.74) is 5.71. The maximum atomic E-state index is 13.6. The average molecular weight is 743 g/mol. The van der Waals surface area contributed by atoms with Gasteiger partial charge in [0.25, 0.3) is 0 Å². The maximum absolute atomic E-state index is 13.6. The molecule has 0 saturated heterocycles. The van der Waals surface area contributed by atoms with Gasteiger partial charge in [-0.1, -0.05) is 86.6 Å². The summed E-state index contributed by atoms with van der Waals surface area (Å²) < 4.78 is 50.8. The van der Waals surface area contributed by atoms with Crippen molar-refractivity contribution in [3.63, 3.8) is 0 Å². The Kier molecular flexibility index (Phi) is 11.0. The van der Waals surface area contributed by atoms with Crippen LogP contribution in [0.4, 0.5) is 13.2 Å². The van der Waals surface area contributed by atoms with Gasteiger partial charge in [0.2, 0.25) is 0 Å². The highest BCUT2D eigenvalue weighted by Crippen LogP contribution is 2.26. The Labute approximate surface area is 307 Å². The molecule has 14 heteroatoms. The van der Waals surface area contributed by atoms with Crippen molar-refractivity contribution in [3.8, 4) is 28.5 Å². The zero-order valence-electron chi connectivity index (χ0n) is 28.2. The van der Waals surface area contributed by atoms with Crippen molar-refractivity contribution < 1.29 is 27.4 Å². The van der Waals surface area contributed by atoms with Gasteiger partial charge in [-0.3, -0.25) is 4.57 Å². The van der Waals surface area contributed by atoms with Crippen LogP contribution in [0, 0.1) is 6.92 Å². The second-order valence-corrected chi connectivity index (χ2v) is 13.2. The van der Waals surface area contributed by atoms with Gasteiger partial charge in [0.15, 0.2) is 21.8 Å². The average Bonchev–Trinajstić information content (AvgIpc) is 3.76. The standard InChI is InChI=1S/C38H33F3N6O3S2/c1-24(2)31-11-7-8-12-32(31)47-25(3)22-52-37(47)44-36(51)43-33(35(48)49-21-26-9-5-4-6-10-26)27-13-15-28(16-14-27)34-42-23-46(45-34)29-17-19-30(20-18-29)50-38(39,40)41/h4-20,22-24,33H,21H2,1-3H3,(H,43,51)/b44-37-. The summed E-state index contributed by atoms with van der Waals surface area (Å²) in [5, 5.41) is 9.70. The number of aromatic nitrogens is 4. The Morgan fingerprint density at radius 3 is 2.35 bits per heavy atom. The highest BCUT2D eigenvalue weighted by Gasteiger charge is 2.31. The molecule has 0 aliphatic heterocycles. The predicted molar refractivity (Wildman–Crippen MR) is 196 cm³/mol. The molecule has 1 atom stereocenters. The fraction of sp³-hybridized carbons (Fsp3) is 0.184. The second-order valence-electron chi connectivity index (χ2n) is 12.0. The molecule has 1 unspecified atom stereocenters. The molecule has 9 nitrogen and oxygen atoms in total. The van der Waals surface area contributed by atoms with Crippen LogP contribution in [-0.4, -0.2) is 36.8 Å². The van der Waals surface area contributed by atoms with Gasteiger partial charge in [0.05, 0.1) is 11.4 Å². The normalized spacial score (nSPS) is 12.5. The number of aryl methyl sites for hydroxylation is 1. The minimum atomic E-state index is -4.78. The number of alkyl halides is 3. The van der Waals surface area contributed by atoms with E-state index in [2.05, 4.69) is 50.7 Å². The number of nitrogens with zero attached hydrogens (tertiary/aromatic N) is 5. The van der Waals surface area contributed by atoms with E-state index in [4.69, 9.17) is 21.9 Å². The van der Waals surface area contributed by atoms with E-state index in [1.54, 1.807) is 24.3 Å². The van der Waals surface area contributed by atoms with Crippen molar-refractivity contribution in [2.75, 3.05) is 0 Å². The number of halogens is 3. The third-order valence-corrected chi connectivity index (χ3v) is 9.08. The molecule has 2 aromatic heterocycles. The number of hydrogen-bond donors (Lipinski definition) is 1. The van der Waals surface area contributed by atoms with Crippen LogP contribution in [0.5, 0.6) is 5.75 Å². The van der Waals surface area contributed by atoms with E-state index in [0.717, 1.165) is 16.9 Å². The molecule has 0 saturated carbocycles. The molecule has 0 amide bonds. The number of rotatable bonds is 10. The molecule has 4 aromatic carbocycles. The van der Waals surface area contributed by atoms with Gasteiger partial charge in [0, 0.05) is 16.6 Å². The number of para-hydroxylation sites is 1. The first-order chi connectivity index (χ1) is 24.9. The fourth-order valence-corrected chi connectivity index (χ4v) is 6.56. The van der Waals surface area contributed by atoms with E-state index < -0.39 is 18.4 Å². The molecule has 0 aliphatic rings. The molecule has 6 rings (SSSR count). The topological polar surface area (TPSA) is 95.6 Å². The highest BCUT2D eigenvalue weighted by molar-refractivity contribution is 7.80. The first-order valence-corrected chi connectivity index (χ1v) is 17.4. The lowest BCUT2D eigenvalue weighted by Gasteiger charge is -2.19. The number of carbonyl (C=O) groups excluding carboxylic acids is 1.